The third-order valence-electron chi connectivity index (χ3n) is 4.45. The highest BCUT2D eigenvalue weighted by atomic mass is 35.5. The quantitative estimate of drug-likeness (QED) is 0.290. The normalized spacial score (nSPS) is 12.5. The molecule has 1 unspecified atom stereocenters. The van der Waals surface area contributed by atoms with Gasteiger partial charge >= 0.3 is 0 Å². The standard InChI is InChI=1S/C20H33Cl/c1-3-4-5-6-7-8-9-10-14-19(17-21)16-20-15-12-11-13-18(20)2/h11-13,15,19H,3-10,14,16-17H2,1-2H3. The molecular weight excluding hydrogens is 276 g/mol. The second-order valence-corrected chi connectivity index (χ2v) is 6.72. The Labute approximate surface area is 137 Å². The Hall–Kier alpha value is -0.490. The van der Waals surface area contributed by atoms with Crippen molar-refractivity contribution in [3.05, 3.63) is 35.4 Å². The first-order chi connectivity index (χ1) is 10.3. The summed E-state index contributed by atoms with van der Waals surface area (Å²) in [6.45, 7) is 4.48. The van der Waals surface area contributed by atoms with Gasteiger partial charge in [0.15, 0.2) is 0 Å². The van der Waals surface area contributed by atoms with Crippen molar-refractivity contribution in [2.45, 2.75) is 78.1 Å². The zero-order chi connectivity index (χ0) is 15.3. The second kappa shape index (κ2) is 12.1. The largest absolute Gasteiger partial charge is 0.126 e. The minimum Gasteiger partial charge on any atom is -0.126 e. The lowest BCUT2D eigenvalue weighted by atomic mass is 9.93. The zero-order valence-corrected chi connectivity index (χ0v) is 14.8. The molecule has 0 amide bonds. The Morgan fingerprint density at radius 2 is 1.52 bits per heavy atom. The van der Waals surface area contributed by atoms with Gasteiger partial charge in [0.05, 0.1) is 0 Å². The van der Waals surface area contributed by atoms with Crippen LogP contribution in [0.4, 0.5) is 0 Å². The van der Waals surface area contributed by atoms with Gasteiger partial charge in [-0.15, -0.1) is 11.6 Å². The number of alkyl halides is 1. The molecule has 0 N–H and O–H groups in total. The van der Waals surface area contributed by atoms with Crippen molar-refractivity contribution in [1.29, 1.82) is 0 Å². The maximum Gasteiger partial charge on any atom is 0.0254 e. The molecule has 1 aromatic rings. The summed E-state index contributed by atoms with van der Waals surface area (Å²) in [5, 5.41) is 0. The van der Waals surface area contributed by atoms with Gasteiger partial charge in [0.25, 0.3) is 0 Å². The van der Waals surface area contributed by atoms with Gasteiger partial charge in [-0.3, -0.25) is 0 Å². The number of unbranched alkanes of at least 4 members (excludes halogenated alkanes) is 7. The zero-order valence-electron chi connectivity index (χ0n) is 14.0. The summed E-state index contributed by atoms with van der Waals surface area (Å²) in [6, 6.07) is 8.72. The highest BCUT2D eigenvalue weighted by molar-refractivity contribution is 6.18. The van der Waals surface area contributed by atoms with E-state index in [1.165, 1.54) is 68.9 Å². The lowest BCUT2D eigenvalue weighted by molar-refractivity contribution is 0.482. The smallest absolute Gasteiger partial charge is 0.0254 e. The Morgan fingerprint density at radius 3 is 2.14 bits per heavy atom. The van der Waals surface area contributed by atoms with Crippen LogP contribution >= 0.6 is 11.6 Å². The van der Waals surface area contributed by atoms with E-state index in [-0.39, 0.29) is 0 Å². The number of aryl methyl sites for hydroxylation is 1. The molecule has 0 radical (unpaired) electrons. The molecule has 0 aliphatic carbocycles. The third-order valence-corrected chi connectivity index (χ3v) is 4.89. The van der Waals surface area contributed by atoms with Crippen LogP contribution in [-0.2, 0) is 6.42 Å². The van der Waals surface area contributed by atoms with Crippen molar-refractivity contribution in [2.75, 3.05) is 5.88 Å². The molecule has 1 rings (SSSR count). The molecule has 0 fully saturated rings. The fourth-order valence-corrected chi connectivity index (χ4v) is 3.21. The molecular formula is C20H33Cl. The van der Waals surface area contributed by atoms with Gasteiger partial charge < -0.3 is 0 Å². The van der Waals surface area contributed by atoms with Gasteiger partial charge in [-0.2, -0.15) is 0 Å². The molecule has 0 saturated heterocycles. The summed E-state index contributed by atoms with van der Waals surface area (Å²) in [6.07, 6.45) is 13.6. The Morgan fingerprint density at radius 1 is 0.905 bits per heavy atom. The predicted molar refractivity (Wildman–Crippen MR) is 96.3 cm³/mol. The van der Waals surface area contributed by atoms with Crippen molar-refractivity contribution >= 4 is 11.6 Å². The fraction of sp³-hybridized carbons (Fsp3) is 0.700. The number of halogens is 1. The minimum absolute atomic E-state index is 0.646. The molecule has 0 spiro atoms. The average Bonchev–Trinajstić information content (AvgIpc) is 2.50. The SMILES string of the molecule is CCCCCCCCCCC(CCl)Cc1ccccc1C. The monoisotopic (exact) mass is 308 g/mol. The lowest BCUT2D eigenvalue weighted by Gasteiger charge is -2.15. The van der Waals surface area contributed by atoms with Crippen LogP contribution in [0.2, 0.25) is 0 Å². The summed E-state index contributed by atoms with van der Waals surface area (Å²) in [5.41, 5.74) is 2.88. The summed E-state index contributed by atoms with van der Waals surface area (Å²) in [4.78, 5) is 0. The van der Waals surface area contributed by atoms with Crippen molar-refractivity contribution in [3.8, 4) is 0 Å². The van der Waals surface area contributed by atoms with Crippen LogP contribution in [0.15, 0.2) is 24.3 Å². The second-order valence-electron chi connectivity index (χ2n) is 6.41. The Bertz CT molecular complexity index is 359. The van der Waals surface area contributed by atoms with Gasteiger partial charge in [0.2, 0.25) is 0 Å². The maximum absolute atomic E-state index is 6.17. The molecule has 1 atom stereocenters. The number of rotatable bonds is 12. The van der Waals surface area contributed by atoms with E-state index < -0.39 is 0 Å². The van der Waals surface area contributed by atoms with E-state index in [0.717, 1.165) is 12.3 Å². The van der Waals surface area contributed by atoms with Crippen molar-refractivity contribution < 1.29 is 0 Å². The molecule has 1 aromatic carbocycles. The highest BCUT2D eigenvalue weighted by Crippen LogP contribution is 2.20. The van der Waals surface area contributed by atoms with Crippen LogP contribution in [0.3, 0.4) is 0 Å². The maximum atomic E-state index is 6.17. The number of hydrogen-bond acceptors (Lipinski definition) is 0. The molecule has 0 aliphatic heterocycles. The Balaban J connectivity index is 2.13. The van der Waals surface area contributed by atoms with Gasteiger partial charge in [-0.25, -0.2) is 0 Å². The van der Waals surface area contributed by atoms with E-state index in [1.54, 1.807) is 0 Å². The molecule has 0 nitrogen and oxygen atoms in total. The molecule has 0 aliphatic rings. The highest BCUT2D eigenvalue weighted by Gasteiger charge is 2.09. The van der Waals surface area contributed by atoms with Crippen LogP contribution in [0, 0.1) is 12.8 Å². The van der Waals surface area contributed by atoms with E-state index in [0.29, 0.717) is 5.92 Å². The van der Waals surface area contributed by atoms with Crippen molar-refractivity contribution in [2.24, 2.45) is 5.92 Å². The van der Waals surface area contributed by atoms with Gasteiger partial charge in [-0.1, -0.05) is 82.6 Å². The summed E-state index contributed by atoms with van der Waals surface area (Å²) < 4.78 is 0. The summed E-state index contributed by atoms with van der Waals surface area (Å²) in [5.74, 6) is 1.44. The van der Waals surface area contributed by atoms with Crippen LogP contribution in [0.1, 0.15) is 75.8 Å². The molecule has 1 heteroatoms. The summed E-state index contributed by atoms with van der Waals surface area (Å²) >= 11 is 6.17. The molecule has 21 heavy (non-hydrogen) atoms. The molecule has 120 valence electrons. The van der Waals surface area contributed by atoms with E-state index in [9.17, 15) is 0 Å². The minimum atomic E-state index is 0.646. The van der Waals surface area contributed by atoms with Crippen molar-refractivity contribution in [3.63, 3.8) is 0 Å². The van der Waals surface area contributed by atoms with Crippen LogP contribution in [0.5, 0.6) is 0 Å². The third kappa shape index (κ3) is 8.51. The molecule has 0 saturated carbocycles. The van der Waals surface area contributed by atoms with Crippen LogP contribution in [-0.4, -0.2) is 5.88 Å². The number of benzene rings is 1. The van der Waals surface area contributed by atoms with Crippen LogP contribution in [0.25, 0.3) is 0 Å². The molecule has 0 bridgehead atoms. The van der Waals surface area contributed by atoms with Gasteiger partial charge in [0.1, 0.15) is 0 Å². The van der Waals surface area contributed by atoms with Crippen molar-refractivity contribution in [1.82, 2.24) is 0 Å². The lowest BCUT2D eigenvalue weighted by Crippen LogP contribution is -2.07. The first kappa shape index (κ1) is 18.6. The molecule has 0 heterocycles. The fourth-order valence-electron chi connectivity index (χ4n) is 2.95. The first-order valence-electron chi connectivity index (χ1n) is 8.88. The first-order valence-corrected chi connectivity index (χ1v) is 9.41. The van der Waals surface area contributed by atoms with Gasteiger partial charge in [0, 0.05) is 5.88 Å². The average molecular weight is 309 g/mol. The predicted octanol–water partition coefficient (Wildman–Crippen LogP) is 6.92. The molecule has 0 aromatic heterocycles. The topological polar surface area (TPSA) is 0 Å². The number of hydrogen-bond donors (Lipinski definition) is 0. The van der Waals surface area contributed by atoms with E-state index in [1.807, 2.05) is 0 Å². The van der Waals surface area contributed by atoms with Crippen LogP contribution < -0.4 is 0 Å². The van der Waals surface area contributed by atoms with E-state index in [2.05, 4.69) is 38.1 Å². The van der Waals surface area contributed by atoms with Gasteiger partial charge in [-0.05, 0) is 36.8 Å². The van der Waals surface area contributed by atoms with E-state index in [4.69, 9.17) is 11.6 Å². The van der Waals surface area contributed by atoms with E-state index >= 15 is 0 Å². The summed E-state index contributed by atoms with van der Waals surface area (Å²) in [7, 11) is 0. The Kier molecular flexibility index (Phi) is 10.7.